The number of aliphatic hydroxyl groups is 1. The number of nitrogens with zero attached hydrogens (tertiary/aromatic N) is 3. The zero-order valence-corrected chi connectivity index (χ0v) is 14.3. The van der Waals surface area contributed by atoms with Crippen molar-refractivity contribution in [3.8, 4) is 0 Å². The highest BCUT2D eigenvalue weighted by Gasteiger charge is 2.58. The van der Waals surface area contributed by atoms with Crippen molar-refractivity contribution in [3.05, 3.63) is 11.4 Å². The molecule has 1 rings (SSSR count). The van der Waals surface area contributed by atoms with E-state index in [-0.39, 0.29) is 30.9 Å². The van der Waals surface area contributed by atoms with Gasteiger partial charge < -0.3 is 35.3 Å². The van der Waals surface area contributed by atoms with Gasteiger partial charge in [0.2, 0.25) is 0 Å². The Morgan fingerprint density at radius 2 is 1.79 bits per heavy atom. The summed E-state index contributed by atoms with van der Waals surface area (Å²) in [6.45, 7) is 0.0966. The monoisotopic (exact) mass is 388 g/mol. The molecule has 7 N–H and O–H groups in total. The van der Waals surface area contributed by atoms with Crippen molar-refractivity contribution in [2.24, 2.45) is 5.73 Å². The highest BCUT2D eigenvalue weighted by Crippen LogP contribution is 2.69. The average molecular weight is 388 g/mol. The summed E-state index contributed by atoms with van der Waals surface area (Å²) >= 11 is 0. The Balaban J connectivity index is 2.69. The summed E-state index contributed by atoms with van der Waals surface area (Å²) in [7, 11) is -9.41. The summed E-state index contributed by atoms with van der Waals surface area (Å²) in [4.78, 5) is 48.6. The van der Waals surface area contributed by atoms with Crippen molar-refractivity contribution >= 4 is 21.1 Å². The molecule has 0 fully saturated rings. The molecule has 138 valence electrons. The van der Waals surface area contributed by atoms with Gasteiger partial charge in [0, 0.05) is 13.0 Å². The van der Waals surface area contributed by atoms with Gasteiger partial charge in [0.25, 0.3) is 11.0 Å². The molecule has 0 radical (unpaired) electrons. The van der Waals surface area contributed by atoms with E-state index in [0.29, 0.717) is 0 Å². The molecule has 13 nitrogen and oxygen atoms in total. The second-order valence-electron chi connectivity index (χ2n) is 5.13. The van der Waals surface area contributed by atoms with Crippen LogP contribution in [0.25, 0.3) is 0 Å². The minimum Gasteiger partial charge on any atom is -0.368 e. The van der Waals surface area contributed by atoms with E-state index in [2.05, 4.69) is 14.9 Å². The van der Waals surface area contributed by atoms with Gasteiger partial charge in [-0.25, -0.2) is 4.63 Å². The fourth-order valence-corrected chi connectivity index (χ4v) is 4.14. The highest BCUT2D eigenvalue weighted by molar-refractivity contribution is 7.72. The first-order valence-corrected chi connectivity index (χ1v) is 9.65. The molecule has 1 heterocycles. The van der Waals surface area contributed by atoms with Gasteiger partial charge in [0.05, 0.1) is 0 Å². The second kappa shape index (κ2) is 7.38. The van der Waals surface area contributed by atoms with E-state index in [4.69, 9.17) is 25.3 Å². The van der Waals surface area contributed by atoms with Crippen LogP contribution in [0.15, 0.2) is 4.63 Å². The first-order valence-electron chi connectivity index (χ1n) is 6.43. The summed E-state index contributed by atoms with van der Waals surface area (Å²) in [6, 6.07) is 0. The van der Waals surface area contributed by atoms with Gasteiger partial charge in [-0.1, -0.05) is 5.16 Å². The fourth-order valence-electron chi connectivity index (χ4n) is 1.88. The number of carbonyl (C=O) groups excluding carboxylic acids is 1. The Morgan fingerprint density at radius 1 is 1.25 bits per heavy atom. The maximum atomic E-state index is 11.2. The quantitative estimate of drug-likeness (QED) is 0.263. The smallest absolute Gasteiger partial charge is 0.368 e. The number of primary amides is 1. The molecule has 0 atom stereocenters. The lowest BCUT2D eigenvalue weighted by Gasteiger charge is -2.29. The molecular formula is C9H18N4O9P2. The van der Waals surface area contributed by atoms with E-state index in [1.807, 2.05) is 0 Å². The van der Waals surface area contributed by atoms with Crippen molar-refractivity contribution in [2.75, 3.05) is 13.6 Å². The predicted octanol–water partition coefficient (Wildman–Crippen LogP) is -1.62. The lowest BCUT2D eigenvalue weighted by atomic mass is 10.2. The van der Waals surface area contributed by atoms with Crippen LogP contribution in [0.4, 0.5) is 0 Å². The van der Waals surface area contributed by atoms with Crippen LogP contribution in [-0.4, -0.2) is 64.5 Å². The summed E-state index contributed by atoms with van der Waals surface area (Å²) in [6.07, 6.45) is -1.01. The zero-order valence-electron chi connectivity index (χ0n) is 12.5. The fraction of sp³-hybridized carbons (Fsp3) is 0.667. The number of nitrogens with two attached hydrogens (primary N) is 1. The largest absolute Gasteiger partial charge is 0.369 e. The van der Waals surface area contributed by atoms with E-state index in [1.165, 1.54) is 11.9 Å². The number of amides is 1. The molecule has 0 bridgehead atoms. The first kappa shape index (κ1) is 20.9. The summed E-state index contributed by atoms with van der Waals surface area (Å²) in [5.41, 5.74) is 5.01. The van der Waals surface area contributed by atoms with E-state index in [9.17, 15) is 19.0 Å². The van der Waals surface area contributed by atoms with E-state index < -0.39 is 32.6 Å². The third-order valence-corrected chi connectivity index (χ3v) is 7.07. The van der Waals surface area contributed by atoms with Crippen LogP contribution < -0.4 is 5.73 Å². The van der Waals surface area contributed by atoms with Crippen molar-refractivity contribution in [1.82, 2.24) is 15.2 Å². The highest BCUT2D eigenvalue weighted by atomic mass is 31.2. The van der Waals surface area contributed by atoms with Crippen LogP contribution in [0.2, 0.25) is 0 Å². The van der Waals surface area contributed by atoms with Crippen molar-refractivity contribution in [3.63, 3.8) is 0 Å². The van der Waals surface area contributed by atoms with Crippen LogP contribution in [0.3, 0.4) is 0 Å². The molecule has 0 spiro atoms. The first-order chi connectivity index (χ1) is 10.8. The van der Waals surface area contributed by atoms with E-state index >= 15 is 0 Å². The van der Waals surface area contributed by atoms with Crippen molar-refractivity contribution in [2.45, 2.75) is 24.5 Å². The lowest BCUT2D eigenvalue weighted by molar-refractivity contribution is 0.0989. The van der Waals surface area contributed by atoms with Gasteiger partial charge in [-0.2, -0.15) is 0 Å². The minimum atomic E-state index is -5.47. The molecule has 1 aromatic rings. The Bertz CT molecular complexity index is 658. The van der Waals surface area contributed by atoms with Crippen LogP contribution in [0.5, 0.6) is 0 Å². The topological polar surface area (TPSA) is 221 Å². The number of carbonyl (C=O) groups is 1. The molecule has 0 saturated carbocycles. The summed E-state index contributed by atoms with van der Waals surface area (Å²) < 4.78 is 26.8. The number of hydrogen-bond donors (Lipinski definition) is 6. The summed E-state index contributed by atoms with van der Waals surface area (Å²) in [5, 5.41) is 13.1. The molecule has 0 aromatic carbocycles. The Kier molecular flexibility index (Phi) is 6.42. The van der Waals surface area contributed by atoms with E-state index in [0.717, 1.165) is 0 Å². The minimum absolute atomic E-state index is 0.0338. The Morgan fingerprint density at radius 3 is 2.25 bits per heavy atom. The molecule has 1 aromatic heterocycles. The molecule has 0 aliphatic heterocycles. The maximum absolute atomic E-state index is 11.2. The maximum Gasteiger partial charge on any atom is 0.369 e. The number of hydrogen-bond acceptors (Lipinski definition) is 8. The molecule has 15 heteroatoms. The zero-order chi connectivity index (χ0) is 18.8. The molecule has 24 heavy (non-hydrogen) atoms. The van der Waals surface area contributed by atoms with Crippen LogP contribution >= 0.6 is 15.2 Å². The van der Waals surface area contributed by atoms with Crippen molar-refractivity contribution in [1.29, 1.82) is 0 Å². The lowest BCUT2D eigenvalue weighted by Crippen LogP contribution is -2.30. The molecule has 1 amide bonds. The molecular weight excluding hydrogens is 370 g/mol. The van der Waals surface area contributed by atoms with Crippen molar-refractivity contribution < 1.29 is 43.2 Å². The predicted molar refractivity (Wildman–Crippen MR) is 77.4 cm³/mol. The SMILES string of the molecule is CN(CCCC(O)(P(=O)(O)O)P(=O)(O)O)Cc1nonc1C(N)=O. The van der Waals surface area contributed by atoms with Crippen LogP contribution in [0.1, 0.15) is 29.0 Å². The molecule has 0 aliphatic carbocycles. The molecule has 0 unspecified atom stereocenters. The third kappa shape index (κ3) is 4.68. The second-order valence-corrected chi connectivity index (χ2v) is 9.14. The number of aromatic nitrogens is 2. The average Bonchev–Trinajstić information content (AvgIpc) is 2.83. The summed E-state index contributed by atoms with van der Waals surface area (Å²) in [5.74, 6) is -0.850. The van der Waals surface area contributed by atoms with Gasteiger partial charge in [0.1, 0.15) is 5.69 Å². The van der Waals surface area contributed by atoms with Crippen LogP contribution in [0, 0.1) is 0 Å². The van der Waals surface area contributed by atoms with Gasteiger partial charge in [-0.15, -0.1) is 0 Å². The molecule has 0 aliphatic rings. The third-order valence-electron chi connectivity index (χ3n) is 3.19. The van der Waals surface area contributed by atoms with Crippen LogP contribution in [-0.2, 0) is 15.7 Å². The Labute approximate surface area is 135 Å². The van der Waals surface area contributed by atoms with E-state index in [1.54, 1.807) is 0 Å². The van der Waals surface area contributed by atoms with Gasteiger partial charge in [-0.3, -0.25) is 13.9 Å². The molecule has 0 saturated heterocycles. The van der Waals surface area contributed by atoms with Gasteiger partial charge in [0.15, 0.2) is 5.69 Å². The van der Waals surface area contributed by atoms with Gasteiger partial charge >= 0.3 is 15.2 Å². The standard InChI is InChI=1S/C9H18N4O9P2/c1-13(5-6-7(8(10)14)12-22-11-6)4-2-3-9(15,23(16,17)18)24(19,20)21/h15H,2-5H2,1H3,(H2,10,14)(H2,16,17,18)(H2,19,20,21). The number of rotatable bonds is 9. The van der Waals surface area contributed by atoms with Gasteiger partial charge in [-0.05, 0) is 25.2 Å². The normalized spacial score (nSPS) is 13.5. The Hall–Kier alpha value is -1.17.